The van der Waals surface area contributed by atoms with Gasteiger partial charge < -0.3 is 30.3 Å². The summed E-state index contributed by atoms with van der Waals surface area (Å²) in [6.07, 6.45) is -2.50. The van der Waals surface area contributed by atoms with Crippen LogP contribution in [0.3, 0.4) is 0 Å². The Morgan fingerprint density at radius 1 is 0.862 bits per heavy atom. The van der Waals surface area contributed by atoms with Crippen LogP contribution < -0.4 is 4.74 Å². The molecule has 1 heterocycles. The third-order valence-corrected chi connectivity index (χ3v) is 4.94. The molecule has 0 amide bonds. The fraction of sp³-hybridized carbons (Fsp3) is 0.136. The van der Waals surface area contributed by atoms with Crippen LogP contribution in [0, 0.1) is 0 Å². The maximum atomic E-state index is 12.8. The first-order chi connectivity index (χ1) is 13.8. The van der Waals surface area contributed by atoms with Gasteiger partial charge in [0, 0.05) is 18.1 Å². The number of carbonyl (C=O) groups excluding carboxylic acids is 1. The zero-order chi connectivity index (χ0) is 20.7. The van der Waals surface area contributed by atoms with Gasteiger partial charge in [0.1, 0.15) is 34.3 Å². The van der Waals surface area contributed by atoms with Crippen LogP contribution in [-0.2, 0) is 6.42 Å². The van der Waals surface area contributed by atoms with Crippen molar-refractivity contribution >= 4 is 5.78 Å². The summed E-state index contributed by atoms with van der Waals surface area (Å²) in [7, 11) is 0. The Bertz CT molecular complexity index is 1070. The van der Waals surface area contributed by atoms with Crippen molar-refractivity contribution in [1.82, 2.24) is 0 Å². The summed E-state index contributed by atoms with van der Waals surface area (Å²) >= 11 is 0. The maximum Gasteiger partial charge on any atom is 0.202 e. The van der Waals surface area contributed by atoms with Crippen molar-refractivity contribution in [2.45, 2.75) is 18.6 Å². The predicted molar refractivity (Wildman–Crippen MR) is 102 cm³/mol. The Labute approximate surface area is 165 Å². The highest BCUT2D eigenvalue weighted by molar-refractivity contribution is 6.06. The molecule has 29 heavy (non-hydrogen) atoms. The van der Waals surface area contributed by atoms with Crippen LogP contribution in [0.5, 0.6) is 28.7 Å². The second-order valence-electron chi connectivity index (χ2n) is 6.88. The smallest absolute Gasteiger partial charge is 0.202 e. The van der Waals surface area contributed by atoms with Crippen molar-refractivity contribution in [3.63, 3.8) is 0 Å². The molecule has 1 aliphatic rings. The van der Waals surface area contributed by atoms with E-state index in [1.54, 1.807) is 12.1 Å². The highest BCUT2D eigenvalue weighted by Crippen LogP contribution is 2.45. The molecule has 0 saturated carbocycles. The van der Waals surface area contributed by atoms with E-state index in [1.807, 2.05) is 0 Å². The van der Waals surface area contributed by atoms with E-state index in [9.17, 15) is 30.3 Å². The van der Waals surface area contributed by atoms with E-state index in [2.05, 4.69) is 0 Å². The normalized spacial score (nSPS) is 18.2. The van der Waals surface area contributed by atoms with Crippen molar-refractivity contribution in [2.24, 2.45) is 0 Å². The number of aromatic hydroxyl groups is 4. The molecule has 7 heteroatoms. The highest BCUT2D eigenvalue weighted by atomic mass is 16.5. The summed E-state index contributed by atoms with van der Waals surface area (Å²) in [5.41, 5.74) is 1.07. The van der Waals surface area contributed by atoms with E-state index in [0.29, 0.717) is 11.1 Å². The van der Waals surface area contributed by atoms with Gasteiger partial charge in [0.15, 0.2) is 12.2 Å². The van der Waals surface area contributed by atoms with Crippen molar-refractivity contribution in [3.8, 4) is 28.7 Å². The number of rotatable bonds is 3. The Morgan fingerprint density at radius 2 is 1.45 bits per heavy atom. The fourth-order valence-corrected chi connectivity index (χ4v) is 3.40. The number of benzene rings is 3. The van der Waals surface area contributed by atoms with Gasteiger partial charge in [-0.05, 0) is 35.4 Å². The number of hydrogen-bond donors (Lipinski definition) is 5. The Kier molecular flexibility index (Phi) is 4.52. The summed E-state index contributed by atoms with van der Waals surface area (Å²) in [6.45, 7) is 0. The second kappa shape index (κ2) is 7.03. The number of aliphatic hydroxyl groups is 1. The SMILES string of the molecule is O=C1c2c(cc(O)c(Cc3ccc(O)cc3)c2O)O[C@@H](c2ccc(O)cc2)[C@@H]1O. The molecule has 1 aliphatic heterocycles. The number of ketones is 1. The minimum atomic E-state index is -1.57. The summed E-state index contributed by atoms with van der Waals surface area (Å²) in [5, 5.41) is 50.4. The third-order valence-electron chi connectivity index (χ3n) is 4.94. The van der Waals surface area contributed by atoms with Crippen molar-refractivity contribution in [1.29, 1.82) is 0 Å². The van der Waals surface area contributed by atoms with E-state index in [1.165, 1.54) is 42.5 Å². The first kappa shape index (κ1) is 18.6. The molecule has 3 aromatic carbocycles. The number of hydrogen-bond acceptors (Lipinski definition) is 7. The maximum absolute atomic E-state index is 12.8. The topological polar surface area (TPSA) is 127 Å². The zero-order valence-electron chi connectivity index (χ0n) is 15.1. The molecule has 0 fully saturated rings. The standard InChI is InChI=1S/C22H18O7/c23-13-5-1-11(2-6-13)9-15-16(25)10-17-18(19(15)26)20(27)21(28)22(29-17)12-3-7-14(24)8-4-12/h1-8,10,21-26,28H,9H2/t21-,22+/m1/s1. The van der Waals surface area contributed by atoms with E-state index in [0.717, 1.165) is 0 Å². The summed E-state index contributed by atoms with van der Waals surface area (Å²) in [6, 6.07) is 13.3. The van der Waals surface area contributed by atoms with Crippen molar-refractivity contribution in [3.05, 3.63) is 76.9 Å². The molecule has 148 valence electrons. The van der Waals surface area contributed by atoms with Crippen LogP contribution in [0.4, 0.5) is 0 Å². The predicted octanol–water partition coefficient (Wildman–Crippen LogP) is 2.78. The van der Waals surface area contributed by atoms with Gasteiger partial charge in [0.2, 0.25) is 5.78 Å². The van der Waals surface area contributed by atoms with E-state index < -0.39 is 23.7 Å². The highest BCUT2D eigenvalue weighted by Gasteiger charge is 2.40. The van der Waals surface area contributed by atoms with Crippen LogP contribution in [0.15, 0.2) is 54.6 Å². The largest absolute Gasteiger partial charge is 0.508 e. The van der Waals surface area contributed by atoms with Gasteiger partial charge in [-0.2, -0.15) is 0 Å². The number of fused-ring (bicyclic) bond motifs is 1. The van der Waals surface area contributed by atoms with Crippen molar-refractivity contribution in [2.75, 3.05) is 0 Å². The summed E-state index contributed by atoms with van der Waals surface area (Å²) in [5.74, 6) is -1.37. The molecule has 7 nitrogen and oxygen atoms in total. The van der Waals surface area contributed by atoms with Gasteiger partial charge in [-0.3, -0.25) is 4.79 Å². The molecule has 0 unspecified atom stereocenters. The number of Topliss-reactive ketones (excluding diaryl/α,β-unsaturated/α-hetero) is 1. The average molecular weight is 394 g/mol. The Hall–Kier alpha value is -3.71. The second-order valence-corrected chi connectivity index (χ2v) is 6.88. The Balaban J connectivity index is 1.73. The molecule has 0 aliphatic carbocycles. The average Bonchev–Trinajstić information content (AvgIpc) is 2.70. The Morgan fingerprint density at radius 3 is 2.07 bits per heavy atom. The molecule has 0 bridgehead atoms. The molecule has 0 saturated heterocycles. The van der Waals surface area contributed by atoms with Gasteiger partial charge >= 0.3 is 0 Å². The number of phenolic OH excluding ortho intramolecular Hbond substituents is 4. The van der Waals surface area contributed by atoms with Crippen molar-refractivity contribution < 1.29 is 35.1 Å². The third kappa shape index (κ3) is 3.32. The molecule has 5 N–H and O–H groups in total. The molecule has 3 aromatic rings. The zero-order valence-corrected chi connectivity index (χ0v) is 15.1. The van der Waals surface area contributed by atoms with Crippen LogP contribution in [0.25, 0.3) is 0 Å². The van der Waals surface area contributed by atoms with E-state index in [4.69, 9.17) is 4.74 Å². The lowest BCUT2D eigenvalue weighted by molar-refractivity contribution is 0.0210. The molecular weight excluding hydrogens is 376 g/mol. The van der Waals surface area contributed by atoms with Gasteiger partial charge in [-0.25, -0.2) is 0 Å². The molecule has 4 rings (SSSR count). The monoisotopic (exact) mass is 394 g/mol. The summed E-state index contributed by atoms with van der Waals surface area (Å²) < 4.78 is 5.72. The molecule has 0 spiro atoms. The van der Waals surface area contributed by atoms with Gasteiger partial charge in [-0.15, -0.1) is 0 Å². The molecular formula is C22H18O7. The number of carbonyl (C=O) groups is 1. The van der Waals surface area contributed by atoms with Crippen LogP contribution in [0.1, 0.15) is 33.2 Å². The van der Waals surface area contributed by atoms with Gasteiger partial charge in [-0.1, -0.05) is 24.3 Å². The lowest BCUT2D eigenvalue weighted by atomic mass is 9.90. The van der Waals surface area contributed by atoms with Gasteiger partial charge in [0.05, 0.1) is 0 Å². The van der Waals surface area contributed by atoms with Crippen LogP contribution in [0.2, 0.25) is 0 Å². The number of ether oxygens (including phenoxy) is 1. The first-order valence-corrected chi connectivity index (χ1v) is 8.88. The lowest BCUT2D eigenvalue weighted by Crippen LogP contribution is -2.36. The number of phenols is 4. The molecule has 2 atom stereocenters. The fourth-order valence-electron chi connectivity index (χ4n) is 3.40. The first-order valence-electron chi connectivity index (χ1n) is 8.88. The molecule has 0 radical (unpaired) electrons. The van der Waals surface area contributed by atoms with E-state index in [-0.39, 0.29) is 40.5 Å². The minimum absolute atomic E-state index is 0.0277. The number of aliphatic hydroxyl groups excluding tert-OH is 1. The van der Waals surface area contributed by atoms with Gasteiger partial charge in [0.25, 0.3) is 0 Å². The van der Waals surface area contributed by atoms with Crippen LogP contribution in [-0.4, -0.2) is 37.4 Å². The molecule has 0 aromatic heterocycles. The summed E-state index contributed by atoms with van der Waals surface area (Å²) in [4.78, 5) is 12.8. The lowest BCUT2D eigenvalue weighted by Gasteiger charge is -2.31. The van der Waals surface area contributed by atoms with Crippen LogP contribution >= 0.6 is 0 Å². The van der Waals surface area contributed by atoms with E-state index >= 15 is 0 Å². The quantitative estimate of drug-likeness (QED) is 0.462. The minimum Gasteiger partial charge on any atom is -0.508 e.